The van der Waals surface area contributed by atoms with Crippen LogP contribution in [-0.4, -0.2) is 23.6 Å². The van der Waals surface area contributed by atoms with E-state index >= 15 is 0 Å². The van der Waals surface area contributed by atoms with Crippen molar-refractivity contribution >= 4 is 5.91 Å². The second-order valence-corrected chi connectivity index (χ2v) is 6.26. The molecule has 106 valence electrons. The van der Waals surface area contributed by atoms with Crippen LogP contribution >= 0.6 is 0 Å². The Morgan fingerprint density at radius 1 is 1.42 bits per heavy atom. The monoisotopic (exact) mass is 264 g/mol. The fourth-order valence-corrected chi connectivity index (χ4v) is 2.01. The largest absolute Gasteiger partial charge is 0.507 e. The van der Waals surface area contributed by atoms with Gasteiger partial charge in [-0.3, -0.25) is 4.79 Å². The van der Waals surface area contributed by atoms with Gasteiger partial charge in [0.1, 0.15) is 5.75 Å². The van der Waals surface area contributed by atoms with Crippen molar-refractivity contribution in [3.05, 3.63) is 29.3 Å². The number of hydrogen-bond donors (Lipinski definition) is 3. The minimum atomic E-state index is -0.290. The number of carbonyl (C=O) groups excluding carboxylic acids is 1. The molecule has 0 aromatic heterocycles. The Kier molecular flexibility index (Phi) is 4.95. The fourth-order valence-electron chi connectivity index (χ4n) is 2.01. The highest BCUT2D eigenvalue weighted by molar-refractivity contribution is 5.96. The number of nitrogens with one attached hydrogen (secondary N) is 1. The number of aryl methyl sites for hydroxylation is 1. The number of phenols is 1. The molecule has 0 heterocycles. The van der Waals surface area contributed by atoms with Crippen molar-refractivity contribution in [2.75, 3.05) is 6.54 Å². The van der Waals surface area contributed by atoms with E-state index in [1.54, 1.807) is 18.2 Å². The summed E-state index contributed by atoms with van der Waals surface area (Å²) in [4.78, 5) is 11.9. The van der Waals surface area contributed by atoms with E-state index in [1.165, 1.54) is 0 Å². The van der Waals surface area contributed by atoms with Gasteiger partial charge in [0.25, 0.3) is 5.91 Å². The molecule has 1 aromatic rings. The summed E-state index contributed by atoms with van der Waals surface area (Å²) in [5.41, 5.74) is 7.31. The molecule has 0 fully saturated rings. The number of phenolic OH excluding ortho intramolecular Hbond substituents is 1. The van der Waals surface area contributed by atoms with Crippen LogP contribution in [0.25, 0.3) is 0 Å². The topological polar surface area (TPSA) is 75.4 Å². The number of rotatable bonds is 4. The molecule has 1 unspecified atom stereocenters. The highest BCUT2D eigenvalue weighted by atomic mass is 16.3. The van der Waals surface area contributed by atoms with E-state index in [0.29, 0.717) is 6.54 Å². The summed E-state index contributed by atoms with van der Waals surface area (Å²) >= 11 is 0. The second-order valence-electron chi connectivity index (χ2n) is 6.26. The third-order valence-electron chi connectivity index (χ3n) is 2.80. The Morgan fingerprint density at radius 2 is 2.05 bits per heavy atom. The quantitative estimate of drug-likeness (QED) is 0.780. The van der Waals surface area contributed by atoms with Gasteiger partial charge < -0.3 is 16.2 Å². The Hall–Kier alpha value is -1.55. The first kappa shape index (κ1) is 15.5. The summed E-state index contributed by atoms with van der Waals surface area (Å²) in [6.07, 6.45) is 0.827. The van der Waals surface area contributed by atoms with Crippen LogP contribution in [-0.2, 0) is 0 Å². The molecule has 4 heteroatoms. The standard InChI is InChI=1S/C15H24N2O2/c1-10-5-6-12(13(18)7-10)14(19)17-9-11(16)8-15(2,3)4/h5-7,11,18H,8-9,16H2,1-4H3,(H,17,19). The van der Waals surface area contributed by atoms with Crippen LogP contribution in [0.4, 0.5) is 0 Å². The molecule has 0 spiro atoms. The predicted octanol–water partition coefficient (Wildman–Crippen LogP) is 2.19. The van der Waals surface area contributed by atoms with Gasteiger partial charge in [0, 0.05) is 12.6 Å². The molecule has 0 bridgehead atoms. The summed E-state index contributed by atoms with van der Waals surface area (Å²) in [7, 11) is 0. The van der Waals surface area contributed by atoms with Crippen LogP contribution in [0.1, 0.15) is 43.1 Å². The third-order valence-corrected chi connectivity index (χ3v) is 2.80. The average molecular weight is 264 g/mol. The van der Waals surface area contributed by atoms with E-state index in [9.17, 15) is 9.90 Å². The molecule has 4 N–H and O–H groups in total. The van der Waals surface area contributed by atoms with Crippen molar-refractivity contribution in [2.24, 2.45) is 11.1 Å². The van der Waals surface area contributed by atoms with Gasteiger partial charge in [-0.15, -0.1) is 0 Å². The molecule has 0 aliphatic carbocycles. The average Bonchev–Trinajstić information content (AvgIpc) is 2.23. The lowest BCUT2D eigenvalue weighted by molar-refractivity contribution is 0.0946. The lowest BCUT2D eigenvalue weighted by Crippen LogP contribution is -2.39. The minimum absolute atomic E-state index is 0.00175. The number of amides is 1. The van der Waals surface area contributed by atoms with Crippen LogP contribution in [0.15, 0.2) is 18.2 Å². The highest BCUT2D eigenvalue weighted by Crippen LogP contribution is 2.20. The molecule has 1 amide bonds. The van der Waals surface area contributed by atoms with Gasteiger partial charge in [0.05, 0.1) is 5.56 Å². The molecule has 0 radical (unpaired) electrons. The first-order valence-electron chi connectivity index (χ1n) is 6.52. The summed E-state index contributed by atoms with van der Waals surface area (Å²) in [5.74, 6) is -0.288. The minimum Gasteiger partial charge on any atom is -0.507 e. The lowest BCUT2D eigenvalue weighted by atomic mass is 9.88. The fraction of sp³-hybridized carbons (Fsp3) is 0.533. The highest BCUT2D eigenvalue weighted by Gasteiger charge is 2.17. The number of carbonyl (C=O) groups is 1. The Balaban J connectivity index is 2.56. The third kappa shape index (κ3) is 5.30. The maximum atomic E-state index is 11.9. The van der Waals surface area contributed by atoms with Crippen molar-refractivity contribution in [1.29, 1.82) is 0 Å². The number of aromatic hydroxyl groups is 1. The molecule has 0 saturated carbocycles. The second kappa shape index (κ2) is 6.06. The van der Waals surface area contributed by atoms with Gasteiger partial charge in [-0.2, -0.15) is 0 Å². The van der Waals surface area contributed by atoms with Crippen LogP contribution in [0.2, 0.25) is 0 Å². The molecule has 0 aliphatic rings. The van der Waals surface area contributed by atoms with Crippen molar-refractivity contribution in [2.45, 2.75) is 40.2 Å². The molecule has 1 aromatic carbocycles. The Bertz CT molecular complexity index is 450. The zero-order valence-corrected chi connectivity index (χ0v) is 12.2. The lowest BCUT2D eigenvalue weighted by Gasteiger charge is -2.23. The first-order chi connectivity index (χ1) is 8.69. The normalized spacial score (nSPS) is 13.1. The Labute approximate surface area is 115 Å². The summed E-state index contributed by atoms with van der Waals surface area (Å²) in [6, 6.07) is 4.90. The van der Waals surface area contributed by atoms with E-state index in [1.807, 2.05) is 6.92 Å². The van der Waals surface area contributed by atoms with Crippen LogP contribution in [0.3, 0.4) is 0 Å². The number of hydrogen-bond acceptors (Lipinski definition) is 3. The van der Waals surface area contributed by atoms with Crippen molar-refractivity contribution in [1.82, 2.24) is 5.32 Å². The smallest absolute Gasteiger partial charge is 0.255 e. The van der Waals surface area contributed by atoms with E-state index in [-0.39, 0.29) is 28.7 Å². The van der Waals surface area contributed by atoms with E-state index < -0.39 is 0 Å². The zero-order chi connectivity index (χ0) is 14.6. The number of benzene rings is 1. The van der Waals surface area contributed by atoms with E-state index in [0.717, 1.165) is 12.0 Å². The maximum absolute atomic E-state index is 11.9. The maximum Gasteiger partial charge on any atom is 0.255 e. The van der Waals surface area contributed by atoms with Crippen LogP contribution in [0, 0.1) is 12.3 Å². The van der Waals surface area contributed by atoms with Crippen molar-refractivity contribution in [3.63, 3.8) is 0 Å². The van der Waals surface area contributed by atoms with E-state index in [4.69, 9.17) is 5.73 Å². The van der Waals surface area contributed by atoms with Gasteiger partial charge in [-0.1, -0.05) is 26.8 Å². The molecule has 1 rings (SSSR count). The molecule has 4 nitrogen and oxygen atoms in total. The van der Waals surface area contributed by atoms with Gasteiger partial charge in [-0.05, 0) is 36.5 Å². The zero-order valence-electron chi connectivity index (χ0n) is 12.2. The molecule has 19 heavy (non-hydrogen) atoms. The molecular weight excluding hydrogens is 240 g/mol. The summed E-state index contributed by atoms with van der Waals surface area (Å²) in [6.45, 7) is 8.60. The Morgan fingerprint density at radius 3 is 2.58 bits per heavy atom. The SMILES string of the molecule is Cc1ccc(C(=O)NCC(N)CC(C)(C)C)c(O)c1. The first-order valence-corrected chi connectivity index (χ1v) is 6.52. The van der Waals surface area contributed by atoms with Crippen LogP contribution in [0.5, 0.6) is 5.75 Å². The summed E-state index contributed by atoms with van der Waals surface area (Å²) in [5, 5.41) is 12.5. The van der Waals surface area contributed by atoms with Gasteiger partial charge >= 0.3 is 0 Å². The summed E-state index contributed by atoms with van der Waals surface area (Å²) < 4.78 is 0. The van der Waals surface area contributed by atoms with Gasteiger partial charge in [-0.25, -0.2) is 0 Å². The molecular formula is C15H24N2O2. The molecule has 1 atom stereocenters. The van der Waals surface area contributed by atoms with Crippen molar-refractivity contribution < 1.29 is 9.90 Å². The van der Waals surface area contributed by atoms with Gasteiger partial charge in [0.15, 0.2) is 0 Å². The van der Waals surface area contributed by atoms with Crippen molar-refractivity contribution in [3.8, 4) is 5.75 Å². The predicted molar refractivity (Wildman–Crippen MR) is 77.2 cm³/mol. The van der Waals surface area contributed by atoms with Gasteiger partial charge in [0.2, 0.25) is 0 Å². The molecule has 0 saturated heterocycles. The number of nitrogens with two attached hydrogens (primary N) is 1. The molecule has 0 aliphatic heterocycles. The van der Waals surface area contributed by atoms with E-state index in [2.05, 4.69) is 26.1 Å². The van der Waals surface area contributed by atoms with Crippen LogP contribution < -0.4 is 11.1 Å².